The lowest BCUT2D eigenvalue weighted by Crippen LogP contribution is -2.27. The Morgan fingerprint density at radius 2 is 2.19 bits per heavy atom. The average molecular weight is 310 g/mol. The van der Waals surface area contributed by atoms with E-state index in [9.17, 15) is 4.79 Å². The number of hydrogen-bond donors (Lipinski definition) is 1. The molecule has 21 heavy (non-hydrogen) atoms. The monoisotopic (exact) mass is 309 g/mol. The zero-order chi connectivity index (χ0) is 14.8. The maximum atomic E-state index is 11.3. The van der Waals surface area contributed by atoms with Crippen LogP contribution in [-0.4, -0.2) is 43.6 Å². The highest BCUT2D eigenvalue weighted by atomic mass is 35.5. The summed E-state index contributed by atoms with van der Waals surface area (Å²) in [4.78, 5) is 17.4. The number of likely N-dealkylation sites (N-methyl/N-ethyl adjacent to an activating group) is 1. The molecule has 0 atom stereocenters. The van der Waals surface area contributed by atoms with Crippen LogP contribution in [0.1, 0.15) is 12.0 Å². The van der Waals surface area contributed by atoms with Gasteiger partial charge in [0.1, 0.15) is 0 Å². The Labute approximate surface area is 127 Å². The molecular weight excluding hydrogens is 294 g/mol. The summed E-state index contributed by atoms with van der Waals surface area (Å²) in [5, 5.41) is 3.23. The Bertz CT molecular complexity index is 603. The molecule has 1 aromatic carbocycles. The lowest BCUT2D eigenvalue weighted by atomic mass is 10.2. The topological polar surface area (TPSA) is 63.2 Å². The van der Waals surface area contributed by atoms with E-state index in [4.69, 9.17) is 21.1 Å². The molecule has 1 saturated heterocycles. The Balaban J connectivity index is 1.80. The Morgan fingerprint density at radius 3 is 2.95 bits per heavy atom. The summed E-state index contributed by atoms with van der Waals surface area (Å²) in [6, 6.07) is 3.70. The van der Waals surface area contributed by atoms with Gasteiger partial charge in [-0.2, -0.15) is 0 Å². The number of hydrogen-bond acceptors (Lipinski definition) is 4. The van der Waals surface area contributed by atoms with Gasteiger partial charge < -0.3 is 14.4 Å². The molecule has 1 amide bonds. The summed E-state index contributed by atoms with van der Waals surface area (Å²) in [5.74, 6) is 1.77. The van der Waals surface area contributed by atoms with Crippen molar-refractivity contribution >= 4 is 23.5 Å². The number of fused-ring (bicyclic) bond motifs is 1. The number of nitrogens with zero attached hydrogens (tertiary/aromatic N) is 2. The number of benzene rings is 1. The number of halogens is 1. The van der Waals surface area contributed by atoms with Crippen molar-refractivity contribution in [2.24, 2.45) is 4.99 Å². The van der Waals surface area contributed by atoms with Gasteiger partial charge in [0.05, 0.1) is 31.3 Å². The molecular formula is C14H16ClN3O3. The first kappa shape index (κ1) is 14.0. The van der Waals surface area contributed by atoms with Gasteiger partial charge in [0.25, 0.3) is 0 Å². The van der Waals surface area contributed by atoms with Crippen LogP contribution >= 0.6 is 11.6 Å². The SMILES string of the molecule is CN1CC(=O)NC1=NCc1cc(Cl)c2c(c1)OCCCO2. The van der Waals surface area contributed by atoms with E-state index in [2.05, 4.69) is 10.3 Å². The second kappa shape index (κ2) is 5.81. The highest BCUT2D eigenvalue weighted by Gasteiger charge is 2.21. The Hall–Kier alpha value is -1.95. The van der Waals surface area contributed by atoms with Crippen molar-refractivity contribution < 1.29 is 14.3 Å². The van der Waals surface area contributed by atoms with Crippen molar-refractivity contribution in [3.63, 3.8) is 0 Å². The predicted octanol–water partition coefficient (Wildman–Crippen LogP) is 1.42. The molecule has 1 fully saturated rings. The first-order valence-corrected chi connectivity index (χ1v) is 7.15. The summed E-state index contributed by atoms with van der Waals surface area (Å²) in [5.41, 5.74) is 0.909. The number of ether oxygens (including phenoxy) is 2. The highest BCUT2D eigenvalue weighted by Crippen LogP contribution is 2.38. The number of aliphatic imine (C=N–C) groups is 1. The Kier molecular flexibility index (Phi) is 3.88. The number of carbonyl (C=O) groups is 1. The van der Waals surface area contributed by atoms with Crippen LogP contribution in [-0.2, 0) is 11.3 Å². The number of rotatable bonds is 2. The molecule has 3 rings (SSSR count). The maximum Gasteiger partial charge on any atom is 0.246 e. The predicted molar refractivity (Wildman–Crippen MR) is 79.0 cm³/mol. The minimum absolute atomic E-state index is 0.0482. The average Bonchev–Trinajstić information content (AvgIpc) is 2.65. The second-order valence-corrected chi connectivity index (χ2v) is 5.41. The van der Waals surface area contributed by atoms with Crippen LogP contribution in [0.4, 0.5) is 0 Å². The van der Waals surface area contributed by atoms with Gasteiger partial charge in [0.2, 0.25) is 11.9 Å². The van der Waals surface area contributed by atoms with Gasteiger partial charge >= 0.3 is 0 Å². The molecule has 0 aliphatic carbocycles. The normalized spacial score (nSPS) is 19.6. The van der Waals surface area contributed by atoms with E-state index in [1.165, 1.54) is 0 Å². The molecule has 0 bridgehead atoms. The summed E-state index contributed by atoms with van der Waals surface area (Å²) >= 11 is 6.23. The third kappa shape index (κ3) is 3.05. The van der Waals surface area contributed by atoms with Crippen molar-refractivity contribution in [3.8, 4) is 11.5 Å². The van der Waals surface area contributed by atoms with Crippen LogP contribution in [0.3, 0.4) is 0 Å². The van der Waals surface area contributed by atoms with E-state index < -0.39 is 0 Å². The van der Waals surface area contributed by atoms with Gasteiger partial charge in [-0.25, -0.2) is 4.99 Å². The van der Waals surface area contributed by atoms with Crippen LogP contribution in [0.15, 0.2) is 17.1 Å². The van der Waals surface area contributed by atoms with Crippen LogP contribution in [0.5, 0.6) is 11.5 Å². The van der Waals surface area contributed by atoms with Crippen LogP contribution in [0.25, 0.3) is 0 Å². The second-order valence-electron chi connectivity index (χ2n) is 5.00. The first-order valence-electron chi connectivity index (χ1n) is 6.77. The molecule has 112 valence electrons. The van der Waals surface area contributed by atoms with Gasteiger partial charge in [-0.15, -0.1) is 0 Å². The molecule has 1 aromatic rings. The maximum absolute atomic E-state index is 11.3. The summed E-state index contributed by atoms with van der Waals surface area (Å²) in [6.07, 6.45) is 0.833. The molecule has 2 heterocycles. The number of carbonyl (C=O) groups excluding carboxylic acids is 1. The number of guanidine groups is 1. The summed E-state index contributed by atoms with van der Waals surface area (Å²) in [6.45, 7) is 1.96. The van der Waals surface area contributed by atoms with Gasteiger partial charge in [-0.05, 0) is 17.7 Å². The Morgan fingerprint density at radius 1 is 1.38 bits per heavy atom. The fraction of sp³-hybridized carbons (Fsp3) is 0.429. The van der Waals surface area contributed by atoms with Gasteiger partial charge in [-0.3, -0.25) is 10.1 Å². The van der Waals surface area contributed by atoms with Gasteiger partial charge in [0, 0.05) is 13.5 Å². The fourth-order valence-electron chi connectivity index (χ4n) is 2.25. The van der Waals surface area contributed by atoms with Crippen molar-refractivity contribution in [3.05, 3.63) is 22.7 Å². The van der Waals surface area contributed by atoms with Crippen LogP contribution in [0, 0.1) is 0 Å². The minimum atomic E-state index is -0.0482. The molecule has 1 N–H and O–H groups in total. The van der Waals surface area contributed by atoms with Crippen molar-refractivity contribution in [2.75, 3.05) is 26.8 Å². The van der Waals surface area contributed by atoms with E-state index in [0.717, 1.165) is 12.0 Å². The minimum Gasteiger partial charge on any atom is -0.489 e. The van der Waals surface area contributed by atoms with E-state index in [0.29, 0.717) is 48.8 Å². The highest BCUT2D eigenvalue weighted by molar-refractivity contribution is 6.32. The molecule has 7 heteroatoms. The molecule has 0 unspecified atom stereocenters. The third-order valence-corrected chi connectivity index (χ3v) is 3.55. The molecule has 6 nitrogen and oxygen atoms in total. The van der Waals surface area contributed by atoms with E-state index in [1.54, 1.807) is 4.90 Å². The van der Waals surface area contributed by atoms with Gasteiger partial charge in [-0.1, -0.05) is 11.6 Å². The first-order chi connectivity index (χ1) is 10.1. The fourth-order valence-corrected chi connectivity index (χ4v) is 2.54. The molecule has 0 aromatic heterocycles. The standard InChI is InChI=1S/C14H16ClN3O3/c1-18-8-12(19)17-14(18)16-7-9-5-10(15)13-11(6-9)20-3-2-4-21-13/h5-6H,2-4,7-8H2,1H3,(H,16,17,19). The number of amides is 1. The van der Waals surface area contributed by atoms with E-state index >= 15 is 0 Å². The number of nitrogens with one attached hydrogen (secondary N) is 1. The quantitative estimate of drug-likeness (QED) is 0.897. The molecule has 0 saturated carbocycles. The van der Waals surface area contributed by atoms with Gasteiger partial charge in [0.15, 0.2) is 11.5 Å². The zero-order valence-electron chi connectivity index (χ0n) is 11.7. The zero-order valence-corrected chi connectivity index (χ0v) is 12.4. The lowest BCUT2D eigenvalue weighted by Gasteiger charge is -2.12. The summed E-state index contributed by atoms with van der Waals surface area (Å²) < 4.78 is 11.2. The third-order valence-electron chi connectivity index (χ3n) is 3.27. The molecule has 2 aliphatic heterocycles. The van der Waals surface area contributed by atoms with Crippen molar-refractivity contribution in [1.82, 2.24) is 10.2 Å². The molecule has 0 spiro atoms. The smallest absolute Gasteiger partial charge is 0.246 e. The van der Waals surface area contributed by atoms with Crippen molar-refractivity contribution in [2.45, 2.75) is 13.0 Å². The van der Waals surface area contributed by atoms with Crippen LogP contribution < -0.4 is 14.8 Å². The molecule has 2 aliphatic rings. The molecule has 0 radical (unpaired) electrons. The van der Waals surface area contributed by atoms with Crippen molar-refractivity contribution in [1.29, 1.82) is 0 Å². The van der Waals surface area contributed by atoms with E-state index in [1.807, 2.05) is 19.2 Å². The lowest BCUT2D eigenvalue weighted by molar-refractivity contribution is -0.118. The largest absolute Gasteiger partial charge is 0.489 e. The summed E-state index contributed by atoms with van der Waals surface area (Å²) in [7, 11) is 1.82. The van der Waals surface area contributed by atoms with Crippen LogP contribution in [0.2, 0.25) is 5.02 Å². The van der Waals surface area contributed by atoms with E-state index in [-0.39, 0.29) is 5.91 Å².